The van der Waals surface area contributed by atoms with E-state index in [0.29, 0.717) is 31.5 Å². The van der Waals surface area contributed by atoms with Gasteiger partial charge in [0.2, 0.25) is 0 Å². The standard InChI is InChI=1S/C9H15F3N2O.C7H16N2/c1-6-5-14(2)4-3-7(6)13-8(15)9(10,11)12;1-6-5-9(2)4-3-7(6)8/h6-7H,3-5H2,1-2H3,(H,13,15);6-7H,3-5,8H2,1-2H3. The highest BCUT2D eigenvalue weighted by Crippen LogP contribution is 2.19. The molecule has 4 atom stereocenters. The smallest absolute Gasteiger partial charge is 0.345 e. The van der Waals surface area contributed by atoms with Crippen LogP contribution in [0.4, 0.5) is 13.2 Å². The molecule has 2 heterocycles. The first kappa shape index (κ1) is 21.2. The predicted octanol–water partition coefficient (Wildman–Crippen LogP) is 1.29. The second-order valence-electron chi connectivity index (χ2n) is 7.30. The van der Waals surface area contributed by atoms with Gasteiger partial charge in [0.15, 0.2) is 0 Å². The number of hydrogen-bond donors (Lipinski definition) is 2. The molecule has 2 aliphatic rings. The van der Waals surface area contributed by atoms with Gasteiger partial charge in [0.1, 0.15) is 0 Å². The van der Waals surface area contributed by atoms with Crippen molar-refractivity contribution in [1.29, 1.82) is 0 Å². The molecule has 0 aromatic rings. The first-order valence-electron chi connectivity index (χ1n) is 8.51. The lowest BCUT2D eigenvalue weighted by atomic mass is 9.94. The van der Waals surface area contributed by atoms with Crippen LogP contribution in [0.15, 0.2) is 0 Å². The quantitative estimate of drug-likeness (QED) is 0.747. The second kappa shape index (κ2) is 9.01. The Kier molecular flexibility index (Phi) is 7.95. The van der Waals surface area contributed by atoms with E-state index in [1.54, 1.807) is 0 Å². The Balaban J connectivity index is 0.000000272. The zero-order valence-corrected chi connectivity index (χ0v) is 15.1. The lowest BCUT2D eigenvalue weighted by Gasteiger charge is -2.35. The Morgan fingerprint density at radius 1 is 1.04 bits per heavy atom. The summed E-state index contributed by atoms with van der Waals surface area (Å²) in [5.41, 5.74) is 5.81. The van der Waals surface area contributed by atoms with E-state index in [1.165, 1.54) is 13.1 Å². The van der Waals surface area contributed by atoms with Crippen LogP contribution in [0.3, 0.4) is 0 Å². The summed E-state index contributed by atoms with van der Waals surface area (Å²) in [5.74, 6) is -1.09. The van der Waals surface area contributed by atoms with Gasteiger partial charge in [-0.15, -0.1) is 0 Å². The molecule has 2 aliphatic heterocycles. The molecule has 0 spiro atoms. The number of carbonyl (C=O) groups excluding carboxylic acids is 1. The minimum absolute atomic E-state index is 0.0510. The maximum atomic E-state index is 12.0. The summed E-state index contributed by atoms with van der Waals surface area (Å²) in [4.78, 5) is 15.1. The number of likely N-dealkylation sites (tertiary alicyclic amines) is 2. The molecule has 1 amide bonds. The summed E-state index contributed by atoms with van der Waals surface area (Å²) < 4.78 is 36.0. The van der Waals surface area contributed by atoms with Gasteiger partial charge in [-0.05, 0) is 51.9 Å². The largest absolute Gasteiger partial charge is 0.471 e. The first-order chi connectivity index (χ1) is 11.0. The van der Waals surface area contributed by atoms with Crippen molar-refractivity contribution in [3.8, 4) is 0 Å². The van der Waals surface area contributed by atoms with Crippen molar-refractivity contribution in [3.05, 3.63) is 0 Å². The molecule has 2 fully saturated rings. The predicted molar refractivity (Wildman–Crippen MR) is 88.5 cm³/mol. The topological polar surface area (TPSA) is 61.6 Å². The van der Waals surface area contributed by atoms with Crippen molar-refractivity contribution in [1.82, 2.24) is 15.1 Å². The summed E-state index contributed by atoms with van der Waals surface area (Å²) in [5, 5.41) is 2.04. The molecule has 3 N–H and O–H groups in total. The fraction of sp³-hybridized carbons (Fsp3) is 0.938. The number of piperidine rings is 2. The minimum Gasteiger partial charge on any atom is -0.345 e. The van der Waals surface area contributed by atoms with E-state index in [0.717, 1.165) is 6.42 Å². The van der Waals surface area contributed by atoms with Crippen LogP contribution in [0.25, 0.3) is 0 Å². The van der Waals surface area contributed by atoms with Gasteiger partial charge in [0.25, 0.3) is 0 Å². The summed E-state index contributed by atoms with van der Waals surface area (Å²) >= 11 is 0. The number of carbonyl (C=O) groups is 1. The minimum atomic E-state index is -4.77. The van der Waals surface area contributed by atoms with Crippen LogP contribution in [-0.2, 0) is 4.79 Å². The first-order valence-corrected chi connectivity index (χ1v) is 8.51. The fourth-order valence-corrected chi connectivity index (χ4v) is 3.19. The highest BCUT2D eigenvalue weighted by atomic mass is 19.4. The molecule has 2 rings (SSSR count). The van der Waals surface area contributed by atoms with Gasteiger partial charge in [-0.25, -0.2) is 0 Å². The van der Waals surface area contributed by atoms with Crippen molar-refractivity contribution >= 4 is 5.91 Å². The molecule has 2 saturated heterocycles. The molecule has 24 heavy (non-hydrogen) atoms. The van der Waals surface area contributed by atoms with Crippen LogP contribution in [0, 0.1) is 11.8 Å². The zero-order valence-electron chi connectivity index (χ0n) is 15.1. The molecular weight excluding hydrogens is 321 g/mol. The third-order valence-electron chi connectivity index (χ3n) is 4.86. The van der Waals surface area contributed by atoms with Gasteiger partial charge in [-0.3, -0.25) is 4.79 Å². The Morgan fingerprint density at radius 2 is 1.54 bits per heavy atom. The number of amides is 1. The maximum Gasteiger partial charge on any atom is 0.471 e. The van der Waals surface area contributed by atoms with E-state index in [4.69, 9.17) is 5.73 Å². The van der Waals surface area contributed by atoms with Crippen LogP contribution in [0.2, 0.25) is 0 Å². The molecule has 0 aromatic carbocycles. The van der Waals surface area contributed by atoms with E-state index in [1.807, 2.05) is 24.2 Å². The monoisotopic (exact) mass is 352 g/mol. The molecule has 0 aromatic heterocycles. The summed E-state index contributed by atoms with van der Waals surface area (Å²) in [7, 11) is 4.07. The molecule has 5 nitrogen and oxygen atoms in total. The van der Waals surface area contributed by atoms with Crippen molar-refractivity contribution in [3.63, 3.8) is 0 Å². The van der Waals surface area contributed by atoms with Gasteiger partial charge >= 0.3 is 12.1 Å². The highest BCUT2D eigenvalue weighted by molar-refractivity contribution is 5.81. The lowest BCUT2D eigenvalue weighted by Crippen LogP contribution is -2.51. The average molecular weight is 352 g/mol. The van der Waals surface area contributed by atoms with Gasteiger partial charge in [0.05, 0.1) is 0 Å². The SMILES string of the molecule is CC1CN(C)CCC1N.CC1CN(C)CCC1NC(=O)C(F)(F)F. The van der Waals surface area contributed by atoms with Gasteiger partial charge in [0, 0.05) is 25.2 Å². The molecule has 142 valence electrons. The number of alkyl halides is 3. The van der Waals surface area contributed by atoms with E-state index >= 15 is 0 Å². The maximum absolute atomic E-state index is 12.0. The molecule has 0 saturated carbocycles. The fourth-order valence-electron chi connectivity index (χ4n) is 3.19. The molecular formula is C16H31F3N4O. The van der Waals surface area contributed by atoms with Crippen LogP contribution in [0.1, 0.15) is 26.7 Å². The summed E-state index contributed by atoms with van der Waals surface area (Å²) in [6.45, 7) is 7.83. The average Bonchev–Trinajstić information content (AvgIpc) is 2.46. The van der Waals surface area contributed by atoms with Crippen LogP contribution >= 0.6 is 0 Å². The van der Waals surface area contributed by atoms with E-state index < -0.39 is 12.1 Å². The molecule has 0 aliphatic carbocycles. The van der Waals surface area contributed by atoms with Gasteiger partial charge in [-0.1, -0.05) is 13.8 Å². The number of nitrogens with two attached hydrogens (primary N) is 1. The van der Waals surface area contributed by atoms with Crippen LogP contribution < -0.4 is 11.1 Å². The molecule has 0 radical (unpaired) electrons. The normalized spacial score (nSPS) is 32.7. The van der Waals surface area contributed by atoms with Crippen LogP contribution in [0.5, 0.6) is 0 Å². The number of nitrogens with zero attached hydrogens (tertiary/aromatic N) is 2. The Hall–Kier alpha value is -0.860. The van der Waals surface area contributed by atoms with E-state index in [9.17, 15) is 18.0 Å². The Labute approximate surface area is 142 Å². The second-order valence-corrected chi connectivity index (χ2v) is 7.30. The molecule has 8 heteroatoms. The Bertz CT molecular complexity index is 405. The third-order valence-corrected chi connectivity index (χ3v) is 4.86. The van der Waals surface area contributed by atoms with Crippen molar-refractivity contribution in [2.24, 2.45) is 17.6 Å². The lowest BCUT2D eigenvalue weighted by molar-refractivity contribution is -0.175. The van der Waals surface area contributed by atoms with Gasteiger partial charge < -0.3 is 20.9 Å². The highest BCUT2D eigenvalue weighted by Gasteiger charge is 2.40. The summed E-state index contributed by atoms with van der Waals surface area (Å²) in [6.07, 6.45) is -3.04. The third kappa shape index (κ3) is 6.94. The summed E-state index contributed by atoms with van der Waals surface area (Å²) in [6, 6.07) is 0.0801. The van der Waals surface area contributed by atoms with Crippen molar-refractivity contribution in [2.75, 3.05) is 40.3 Å². The molecule has 0 bridgehead atoms. The number of nitrogens with one attached hydrogen (secondary N) is 1. The zero-order chi connectivity index (χ0) is 18.5. The van der Waals surface area contributed by atoms with E-state index in [2.05, 4.69) is 18.9 Å². The number of halogens is 3. The van der Waals surface area contributed by atoms with Crippen molar-refractivity contribution in [2.45, 2.75) is 44.9 Å². The number of rotatable bonds is 1. The van der Waals surface area contributed by atoms with Crippen LogP contribution in [-0.4, -0.2) is 74.2 Å². The number of hydrogen-bond acceptors (Lipinski definition) is 4. The molecule has 4 unspecified atom stereocenters. The Morgan fingerprint density at radius 3 is 1.96 bits per heavy atom. The van der Waals surface area contributed by atoms with Gasteiger partial charge in [-0.2, -0.15) is 13.2 Å². The van der Waals surface area contributed by atoms with Crippen molar-refractivity contribution < 1.29 is 18.0 Å². The van der Waals surface area contributed by atoms with E-state index in [-0.39, 0.29) is 12.0 Å².